The Hall–Kier alpha value is -2.13. The molecule has 1 unspecified atom stereocenters. The number of anilines is 1. The van der Waals surface area contributed by atoms with Crippen molar-refractivity contribution in [1.29, 1.82) is 0 Å². The van der Waals surface area contributed by atoms with Crippen LogP contribution in [0.1, 0.15) is 30.1 Å². The van der Waals surface area contributed by atoms with Crippen LogP contribution in [0, 0.1) is 5.41 Å². The fourth-order valence-electron chi connectivity index (χ4n) is 3.07. The summed E-state index contributed by atoms with van der Waals surface area (Å²) in [4.78, 5) is 25.8. The molecule has 0 spiro atoms. The van der Waals surface area contributed by atoms with Gasteiger partial charge in [0.15, 0.2) is 0 Å². The predicted octanol–water partition coefficient (Wildman–Crippen LogP) is 1.40. The number of methoxy groups -OCH3 is 1. The van der Waals surface area contributed by atoms with Crippen LogP contribution in [0.25, 0.3) is 0 Å². The molecule has 8 nitrogen and oxygen atoms in total. The summed E-state index contributed by atoms with van der Waals surface area (Å²) in [5, 5.41) is 9.49. The van der Waals surface area contributed by atoms with Gasteiger partial charge in [-0.2, -0.15) is 0 Å². The number of carbonyl (C=O) groups is 2. The van der Waals surface area contributed by atoms with Crippen molar-refractivity contribution < 1.29 is 27.9 Å². The number of carboxylic acids is 1. The third kappa shape index (κ3) is 4.53. The molecule has 1 fully saturated rings. The van der Waals surface area contributed by atoms with E-state index >= 15 is 0 Å². The van der Waals surface area contributed by atoms with Crippen molar-refractivity contribution in [3.8, 4) is 0 Å². The third-order valence-corrected chi connectivity index (χ3v) is 5.86. The van der Waals surface area contributed by atoms with E-state index in [2.05, 4.69) is 4.72 Å². The monoisotopic (exact) mass is 384 g/mol. The number of likely N-dealkylation sites (tertiary alicyclic amines) is 1. The lowest BCUT2D eigenvalue weighted by molar-refractivity contribution is -0.151. The topological polar surface area (TPSA) is 113 Å². The first-order chi connectivity index (χ1) is 12.2. The molecule has 2 N–H and O–H groups in total. The SMILES string of the molecule is CCCS(=O)(=O)Nc1cccc(C(=O)N2CCC(COC)(C(=O)O)C2)c1. The molecule has 0 radical (unpaired) electrons. The predicted molar refractivity (Wildman–Crippen MR) is 96.6 cm³/mol. The van der Waals surface area contributed by atoms with Crippen LogP contribution in [0.5, 0.6) is 0 Å². The van der Waals surface area contributed by atoms with Gasteiger partial charge in [0.1, 0.15) is 5.41 Å². The fraction of sp³-hybridized carbons (Fsp3) is 0.529. The summed E-state index contributed by atoms with van der Waals surface area (Å²) >= 11 is 0. The maximum atomic E-state index is 12.7. The van der Waals surface area contributed by atoms with E-state index < -0.39 is 21.4 Å². The smallest absolute Gasteiger partial charge is 0.313 e. The summed E-state index contributed by atoms with van der Waals surface area (Å²) in [5.41, 5.74) is -0.490. The highest BCUT2D eigenvalue weighted by Gasteiger charge is 2.46. The highest BCUT2D eigenvalue weighted by molar-refractivity contribution is 7.92. The lowest BCUT2D eigenvalue weighted by Crippen LogP contribution is -2.40. The zero-order valence-corrected chi connectivity index (χ0v) is 15.7. The molecular weight excluding hydrogens is 360 g/mol. The minimum Gasteiger partial charge on any atom is -0.481 e. The quantitative estimate of drug-likeness (QED) is 0.700. The van der Waals surface area contributed by atoms with Crippen molar-refractivity contribution in [3.05, 3.63) is 29.8 Å². The number of carboxylic acid groups (broad SMARTS) is 1. The summed E-state index contributed by atoms with van der Waals surface area (Å²) in [6.07, 6.45) is 0.795. The molecule has 1 aromatic carbocycles. The number of sulfonamides is 1. The minimum atomic E-state index is -3.45. The van der Waals surface area contributed by atoms with Crippen LogP contribution in [-0.4, -0.2) is 62.9 Å². The molecule has 1 aromatic rings. The van der Waals surface area contributed by atoms with Gasteiger partial charge in [0.2, 0.25) is 10.0 Å². The van der Waals surface area contributed by atoms with Crippen molar-refractivity contribution in [2.24, 2.45) is 5.41 Å². The second-order valence-corrected chi connectivity index (χ2v) is 8.34. The molecule has 144 valence electrons. The summed E-state index contributed by atoms with van der Waals surface area (Å²) in [6.45, 7) is 2.16. The number of ether oxygens (including phenoxy) is 1. The average Bonchev–Trinajstić information content (AvgIpc) is 3.00. The molecular formula is C17H24N2O6S. The number of amides is 1. The molecule has 1 aliphatic heterocycles. The molecule has 1 atom stereocenters. The van der Waals surface area contributed by atoms with E-state index in [-0.39, 0.29) is 24.8 Å². The summed E-state index contributed by atoms with van der Waals surface area (Å²) in [7, 11) is -2.02. The number of benzene rings is 1. The minimum absolute atomic E-state index is 0.00452. The van der Waals surface area contributed by atoms with Crippen LogP contribution in [-0.2, 0) is 19.6 Å². The Balaban J connectivity index is 2.16. The largest absolute Gasteiger partial charge is 0.481 e. The van der Waals surface area contributed by atoms with Crippen LogP contribution in [0.15, 0.2) is 24.3 Å². The molecule has 1 saturated heterocycles. The van der Waals surface area contributed by atoms with Gasteiger partial charge in [-0.1, -0.05) is 13.0 Å². The molecule has 0 aliphatic carbocycles. The zero-order chi connectivity index (χ0) is 19.4. The van der Waals surface area contributed by atoms with Crippen molar-refractivity contribution in [2.75, 3.05) is 37.3 Å². The summed E-state index contributed by atoms with van der Waals surface area (Å²) in [6, 6.07) is 6.21. The van der Waals surface area contributed by atoms with Gasteiger partial charge < -0.3 is 14.7 Å². The van der Waals surface area contributed by atoms with Gasteiger partial charge in [0.25, 0.3) is 5.91 Å². The van der Waals surface area contributed by atoms with E-state index in [0.717, 1.165) is 0 Å². The van der Waals surface area contributed by atoms with Crippen molar-refractivity contribution in [2.45, 2.75) is 19.8 Å². The van der Waals surface area contributed by atoms with Crippen molar-refractivity contribution >= 4 is 27.6 Å². The van der Waals surface area contributed by atoms with Crippen LogP contribution >= 0.6 is 0 Å². The number of nitrogens with zero attached hydrogens (tertiary/aromatic N) is 1. The van der Waals surface area contributed by atoms with E-state index in [0.29, 0.717) is 30.6 Å². The second kappa shape index (κ2) is 8.05. The van der Waals surface area contributed by atoms with E-state index in [4.69, 9.17) is 4.74 Å². The molecule has 0 bridgehead atoms. The van der Waals surface area contributed by atoms with Gasteiger partial charge in [0.05, 0.1) is 12.4 Å². The lowest BCUT2D eigenvalue weighted by Gasteiger charge is -2.24. The lowest BCUT2D eigenvalue weighted by atomic mass is 9.88. The molecule has 0 aromatic heterocycles. The number of hydrogen-bond acceptors (Lipinski definition) is 5. The van der Waals surface area contributed by atoms with Crippen molar-refractivity contribution in [1.82, 2.24) is 4.90 Å². The fourth-order valence-corrected chi connectivity index (χ4v) is 4.20. The first-order valence-electron chi connectivity index (χ1n) is 8.35. The maximum Gasteiger partial charge on any atom is 0.313 e. The molecule has 9 heteroatoms. The molecule has 1 aliphatic rings. The average molecular weight is 384 g/mol. The number of rotatable bonds is 8. The number of aliphatic carboxylic acids is 1. The first-order valence-corrected chi connectivity index (χ1v) is 10.0. The molecule has 0 saturated carbocycles. The molecule has 2 rings (SSSR count). The molecule has 26 heavy (non-hydrogen) atoms. The van der Waals surface area contributed by atoms with Gasteiger partial charge in [-0.15, -0.1) is 0 Å². The highest BCUT2D eigenvalue weighted by Crippen LogP contribution is 2.32. The third-order valence-electron chi connectivity index (χ3n) is 4.37. The van der Waals surface area contributed by atoms with Crippen LogP contribution < -0.4 is 4.72 Å². The van der Waals surface area contributed by atoms with E-state index in [1.807, 2.05) is 0 Å². The maximum absolute atomic E-state index is 12.7. The summed E-state index contributed by atoms with van der Waals surface area (Å²) in [5.74, 6) is -1.33. The van der Waals surface area contributed by atoms with Crippen molar-refractivity contribution in [3.63, 3.8) is 0 Å². The Labute approximate surface area is 153 Å². The normalized spacial score (nSPS) is 20.2. The standard InChI is InChI=1S/C17H24N2O6S/c1-3-9-26(23,24)18-14-6-4-5-13(10-14)15(20)19-8-7-17(11-19,12-25-2)16(21)22/h4-6,10,18H,3,7-9,11-12H2,1-2H3,(H,21,22). The van der Waals surface area contributed by atoms with Gasteiger partial charge >= 0.3 is 5.97 Å². The van der Waals surface area contributed by atoms with E-state index in [9.17, 15) is 23.1 Å². The van der Waals surface area contributed by atoms with E-state index in [1.165, 1.54) is 18.1 Å². The number of hydrogen-bond donors (Lipinski definition) is 2. The van der Waals surface area contributed by atoms with E-state index in [1.54, 1.807) is 25.1 Å². The Morgan fingerprint density at radius 3 is 2.73 bits per heavy atom. The Morgan fingerprint density at radius 2 is 2.12 bits per heavy atom. The Kier molecular flexibility index (Phi) is 6.25. The van der Waals surface area contributed by atoms with Gasteiger partial charge in [-0.05, 0) is 31.0 Å². The molecule has 1 heterocycles. The molecule has 1 amide bonds. The van der Waals surface area contributed by atoms with Crippen LogP contribution in [0.3, 0.4) is 0 Å². The van der Waals surface area contributed by atoms with Crippen LogP contribution in [0.4, 0.5) is 5.69 Å². The Morgan fingerprint density at radius 1 is 1.38 bits per heavy atom. The zero-order valence-electron chi connectivity index (χ0n) is 14.9. The van der Waals surface area contributed by atoms with Gasteiger partial charge in [-0.3, -0.25) is 14.3 Å². The van der Waals surface area contributed by atoms with Crippen LogP contribution in [0.2, 0.25) is 0 Å². The number of carbonyl (C=O) groups excluding carboxylic acids is 1. The van der Waals surface area contributed by atoms with Gasteiger partial charge in [0, 0.05) is 31.5 Å². The highest BCUT2D eigenvalue weighted by atomic mass is 32.2. The summed E-state index contributed by atoms with van der Waals surface area (Å²) < 4.78 is 31.2. The second-order valence-electron chi connectivity index (χ2n) is 6.50. The Bertz CT molecular complexity index is 779. The first kappa shape index (κ1) is 20.2. The number of nitrogens with one attached hydrogen (secondary N) is 1. The van der Waals surface area contributed by atoms with Gasteiger partial charge in [-0.25, -0.2) is 8.42 Å².